The van der Waals surface area contributed by atoms with Crippen molar-refractivity contribution in [2.75, 3.05) is 24.3 Å². The van der Waals surface area contributed by atoms with Crippen molar-refractivity contribution in [3.8, 4) is 0 Å². The Morgan fingerprint density at radius 1 is 1.39 bits per heavy atom. The molecule has 1 rings (SSSR count). The minimum absolute atomic E-state index is 0.135. The first-order valence-electron chi connectivity index (χ1n) is 5.72. The Labute approximate surface area is 112 Å². The van der Waals surface area contributed by atoms with Gasteiger partial charge in [0.1, 0.15) is 15.7 Å². The van der Waals surface area contributed by atoms with Gasteiger partial charge in [-0.05, 0) is 30.3 Å². The van der Waals surface area contributed by atoms with E-state index in [-0.39, 0.29) is 11.6 Å². The first-order valence-corrected chi connectivity index (χ1v) is 8.76. The fourth-order valence-corrected chi connectivity index (χ4v) is 3.63. The number of rotatable bonds is 7. The van der Waals surface area contributed by atoms with Crippen LogP contribution in [0.2, 0.25) is 0 Å². The average molecular weight is 291 g/mol. The molecule has 0 saturated heterocycles. The fourth-order valence-electron chi connectivity index (χ4n) is 1.39. The van der Waals surface area contributed by atoms with Crippen LogP contribution in [0.15, 0.2) is 23.1 Å². The summed E-state index contributed by atoms with van der Waals surface area (Å²) in [6.45, 7) is 3.38. The van der Waals surface area contributed by atoms with Crippen LogP contribution < -0.4 is 5.32 Å². The lowest BCUT2D eigenvalue weighted by atomic mass is 10.2. The molecule has 0 atom stereocenters. The molecule has 1 aromatic rings. The molecule has 0 radical (unpaired) electrons. The van der Waals surface area contributed by atoms with Crippen LogP contribution in [-0.4, -0.2) is 32.7 Å². The second-order valence-corrected chi connectivity index (χ2v) is 7.41. The monoisotopic (exact) mass is 291 g/mol. The summed E-state index contributed by atoms with van der Waals surface area (Å²) in [5.74, 6) is 0.356. The van der Waals surface area contributed by atoms with E-state index in [0.717, 1.165) is 17.0 Å². The number of halogens is 1. The predicted molar refractivity (Wildman–Crippen MR) is 74.2 cm³/mol. The molecule has 3 nitrogen and oxygen atoms in total. The highest BCUT2D eigenvalue weighted by Crippen LogP contribution is 2.23. The van der Waals surface area contributed by atoms with E-state index < -0.39 is 9.84 Å². The molecule has 0 spiro atoms. The van der Waals surface area contributed by atoms with Gasteiger partial charge in [-0.15, -0.1) is 11.8 Å². The molecule has 6 heteroatoms. The van der Waals surface area contributed by atoms with E-state index in [0.29, 0.717) is 12.3 Å². The zero-order valence-electron chi connectivity index (χ0n) is 10.6. The number of benzene rings is 1. The molecule has 18 heavy (non-hydrogen) atoms. The van der Waals surface area contributed by atoms with Crippen molar-refractivity contribution in [2.45, 2.75) is 18.4 Å². The summed E-state index contributed by atoms with van der Waals surface area (Å²) < 4.78 is 35.2. The smallest absolute Gasteiger partial charge is 0.148 e. The minimum atomic E-state index is -2.94. The van der Waals surface area contributed by atoms with Crippen molar-refractivity contribution in [3.63, 3.8) is 0 Å². The zero-order valence-corrected chi connectivity index (χ0v) is 12.2. The number of nitrogens with one attached hydrogen (secondary N) is 1. The molecule has 0 amide bonds. The van der Waals surface area contributed by atoms with Crippen LogP contribution in [0.4, 0.5) is 4.39 Å². The van der Waals surface area contributed by atoms with E-state index >= 15 is 0 Å². The highest BCUT2D eigenvalue weighted by molar-refractivity contribution is 8.00. The second kappa shape index (κ2) is 7.11. The molecule has 0 aromatic heterocycles. The van der Waals surface area contributed by atoms with E-state index in [2.05, 4.69) is 5.32 Å². The largest absolute Gasteiger partial charge is 0.313 e. The Hall–Kier alpha value is -0.590. The number of thioether (sulfide) groups is 1. The van der Waals surface area contributed by atoms with Gasteiger partial charge in [0.15, 0.2) is 0 Å². The lowest BCUT2D eigenvalue weighted by molar-refractivity contribution is 0.603. The molecular formula is C12H18FNO2S2. The number of sulfone groups is 1. The summed E-state index contributed by atoms with van der Waals surface area (Å²) in [7, 11) is -2.94. The van der Waals surface area contributed by atoms with Crippen LogP contribution in [0.1, 0.15) is 12.5 Å². The third-order valence-electron chi connectivity index (χ3n) is 2.30. The lowest BCUT2D eigenvalue weighted by Crippen LogP contribution is -2.13. The zero-order chi connectivity index (χ0) is 13.6. The highest BCUT2D eigenvalue weighted by atomic mass is 32.2. The Morgan fingerprint density at radius 3 is 2.72 bits per heavy atom. The van der Waals surface area contributed by atoms with Gasteiger partial charge in [0, 0.05) is 23.4 Å². The minimum Gasteiger partial charge on any atom is -0.313 e. The van der Waals surface area contributed by atoms with Crippen molar-refractivity contribution in [3.05, 3.63) is 29.6 Å². The van der Waals surface area contributed by atoms with Gasteiger partial charge in [-0.1, -0.05) is 6.92 Å². The molecule has 0 fully saturated rings. The molecule has 1 N–H and O–H groups in total. The molecule has 102 valence electrons. The third-order valence-corrected chi connectivity index (χ3v) is 4.62. The Bertz CT molecular complexity index is 489. The van der Waals surface area contributed by atoms with Crippen molar-refractivity contribution < 1.29 is 12.8 Å². The van der Waals surface area contributed by atoms with Crippen molar-refractivity contribution in [1.82, 2.24) is 5.32 Å². The van der Waals surface area contributed by atoms with E-state index in [4.69, 9.17) is 0 Å². The molecule has 0 aliphatic heterocycles. The maximum absolute atomic E-state index is 13.2. The van der Waals surface area contributed by atoms with Crippen molar-refractivity contribution >= 4 is 21.6 Å². The summed E-state index contributed by atoms with van der Waals surface area (Å²) in [5, 5.41) is 3.14. The van der Waals surface area contributed by atoms with Crippen LogP contribution >= 0.6 is 11.8 Å². The van der Waals surface area contributed by atoms with Crippen LogP contribution in [0.3, 0.4) is 0 Å². The average Bonchev–Trinajstić information content (AvgIpc) is 2.27. The summed E-state index contributed by atoms with van der Waals surface area (Å²) in [4.78, 5) is 0.931. The van der Waals surface area contributed by atoms with Gasteiger partial charge in [-0.3, -0.25) is 0 Å². The SMILES string of the molecule is CCNCc1cc(F)ccc1SCCS(C)(=O)=O. The van der Waals surface area contributed by atoms with Gasteiger partial charge in [-0.25, -0.2) is 12.8 Å². The molecule has 0 heterocycles. The molecule has 0 unspecified atom stereocenters. The van der Waals surface area contributed by atoms with E-state index in [9.17, 15) is 12.8 Å². The molecule has 0 aliphatic carbocycles. The molecular weight excluding hydrogens is 273 g/mol. The molecule has 0 bridgehead atoms. The maximum Gasteiger partial charge on any atom is 0.148 e. The highest BCUT2D eigenvalue weighted by Gasteiger charge is 2.07. The summed E-state index contributed by atoms with van der Waals surface area (Å²) in [6, 6.07) is 4.60. The van der Waals surface area contributed by atoms with E-state index in [1.165, 1.54) is 30.2 Å². The topological polar surface area (TPSA) is 46.2 Å². The first-order chi connectivity index (χ1) is 8.42. The van der Waals surface area contributed by atoms with Crippen molar-refractivity contribution in [1.29, 1.82) is 0 Å². The van der Waals surface area contributed by atoms with Crippen LogP contribution in [-0.2, 0) is 16.4 Å². The van der Waals surface area contributed by atoms with Gasteiger partial charge < -0.3 is 5.32 Å². The van der Waals surface area contributed by atoms with E-state index in [1.807, 2.05) is 6.92 Å². The van der Waals surface area contributed by atoms with E-state index in [1.54, 1.807) is 6.07 Å². The van der Waals surface area contributed by atoms with Crippen LogP contribution in [0.5, 0.6) is 0 Å². The number of hydrogen-bond acceptors (Lipinski definition) is 4. The van der Waals surface area contributed by atoms with Gasteiger partial charge in [0.2, 0.25) is 0 Å². The lowest BCUT2D eigenvalue weighted by Gasteiger charge is -2.09. The first kappa shape index (κ1) is 15.5. The van der Waals surface area contributed by atoms with Gasteiger partial charge in [0.05, 0.1) is 5.75 Å². The predicted octanol–water partition coefficient (Wildman–Crippen LogP) is 2.07. The van der Waals surface area contributed by atoms with Gasteiger partial charge >= 0.3 is 0 Å². The Morgan fingerprint density at radius 2 is 2.11 bits per heavy atom. The molecule has 1 aromatic carbocycles. The maximum atomic E-state index is 13.2. The second-order valence-electron chi connectivity index (χ2n) is 4.01. The fraction of sp³-hybridized carbons (Fsp3) is 0.500. The van der Waals surface area contributed by atoms with Crippen molar-refractivity contribution in [2.24, 2.45) is 0 Å². The summed E-state index contributed by atoms with van der Waals surface area (Å²) >= 11 is 1.45. The summed E-state index contributed by atoms with van der Waals surface area (Å²) in [6.07, 6.45) is 1.22. The summed E-state index contributed by atoms with van der Waals surface area (Å²) in [5.41, 5.74) is 0.871. The number of hydrogen-bond donors (Lipinski definition) is 1. The standard InChI is InChI=1S/C12H18FNO2S2/c1-3-14-9-10-8-11(13)4-5-12(10)17-6-7-18(2,15)16/h4-5,8,14H,3,6-7,9H2,1-2H3. The molecule has 0 aliphatic rings. The van der Waals surface area contributed by atoms with Crippen LogP contribution in [0, 0.1) is 5.82 Å². The quantitative estimate of drug-likeness (QED) is 0.781. The molecule has 0 saturated carbocycles. The normalized spacial score (nSPS) is 11.7. The van der Waals surface area contributed by atoms with Crippen LogP contribution in [0.25, 0.3) is 0 Å². The Kier molecular flexibility index (Phi) is 6.11. The Balaban J connectivity index is 2.68. The van der Waals surface area contributed by atoms with Gasteiger partial charge in [0.25, 0.3) is 0 Å². The van der Waals surface area contributed by atoms with Gasteiger partial charge in [-0.2, -0.15) is 0 Å². The third kappa shape index (κ3) is 5.84.